The van der Waals surface area contributed by atoms with Gasteiger partial charge in [0, 0.05) is 44.6 Å². The number of hydrogen-bond donors (Lipinski definition) is 3. The van der Waals surface area contributed by atoms with Gasteiger partial charge >= 0.3 is 0 Å². The van der Waals surface area contributed by atoms with Crippen LogP contribution in [-0.2, 0) is 23.3 Å². The Morgan fingerprint density at radius 1 is 1.14 bits per heavy atom. The molecule has 0 unspecified atom stereocenters. The molecule has 9 nitrogen and oxygen atoms in total. The summed E-state index contributed by atoms with van der Waals surface area (Å²) in [6.07, 6.45) is 5.23. The van der Waals surface area contributed by atoms with Gasteiger partial charge in [-0.25, -0.2) is 14.8 Å². The first kappa shape index (κ1) is 24.9. The summed E-state index contributed by atoms with van der Waals surface area (Å²) in [5.41, 5.74) is 4.54. The number of aromatic nitrogens is 2. The minimum absolute atomic E-state index is 0.226. The van der Waals surface area contributed by atoms with E-state index in [1.807, 2.05) is 61.9 Å². The molecule has 1 aliphatic heterocycles. The minimum atomic E-state index is -3.79. The van der Waals surface area contributed by atoms with Crippen molar-refractivity contribution in [2.45, 2.75) is 38.4 Å². The van der Waals surface area contributed by atoms with Gasteiger partial charge in [-0.3, -0.25) is 4.90 Å². The third-order valence-electron chi connectivity index (χ3n) is 6.47. The highest BCUT2D eigenvalue weighted by molar-refractivity contribution is 7.87. The maximum absolute atomic E-state index is 11.6. The monoisotopic (exact) mass is 493 g/mol. The molecule has 0 saturated carbocycles. The SMILES string of the molecule is Cc1cccc(NC2(CNS(N)(=O)=O)CCN(Cc3cncn3Cc3ccc(C#N)cc3)CC2)c1. The Morgan fingerprint density at radius 2 is 1.89 bits per heavy atom. The van der Waals surface area contributed by atoms with Crippen molar-refractivity contribution >= 4 is 15.9 Å². The molecular formula is C25H31N7O2S. The van der Waals surface area contributed by atoms with E-state index in [9.17, 15) is 8.42 Å². The molecule has 4 N–H and O–H groups in total. The first-order valence-corrected chi connectivity index (χ1v) is 13.1. The van der Waals surface area contributed by atoms with Crippen molar-refractivity contribution < 1.29 is 8.42 Å². The molecule has 10 heteroatoms. The molecule has 1 saturated heterocycles. The summed E-state index contributed by atoms with van der Waals surface area (Å²) in [6, 6.07) is 17.8. The summed E-state index contributed by atoms with van der Waals surface area (Å²) in [5, 5.41) is 17.8. The van der Waals surface area contributed by atoms with Crippen LogP contribution in [0.2, 0.25) is 0 Å². The topological polar surface area (TPSA) is 129 Å². The van der Waals surface area contributed by atoms with Crippen LogP contribution in [0.5, 0.6) is 0 Å². The van der Waals surface area contributed by atoms with Crippen LogP contribution < -0.4 is 15.2 Å². The summed E-state index contributed by atoms with van der Waals surface area (Å²) in [7, 11) is -3.79. The molecule has 0 atom stereocenters. The van der Waals surface area contributed by atoms with Crippen molar-refractivity contribution in [3.63, 3.8) is 0 Å². The fraction of sp³-hybridized carbons (Fsp3) is 0.360. The number of imidazole rings is 1. The number of anilines is 1. The average Bonchev–Trinajstić information content (AvgIpc) is 3.26. The van der Waals surface area contributed by atoms with Crippen molar-refractivity contribution in [2.24, 2.45) is 5.14 Å². The number of benzene rings is 2. The second kappa shape index (κ2) is 10.6. The van der Waals surface area contributed by atoms with Gasteiger partial charge in [0.25, 0.3) is 10.2 Å². The van der Waals surface area contributed by atoms with Gasteiger partial charge in [-0.2, -0.15) is 13.7 Å². The van der Waals surface area contributed by atoms with Gasteiger partial charge < -0.3 is 9.88 Å². The maximum Gasteiger partial charge on any atom is 0.274 e. The number of rotatable bonds is 9. The first-order valence-electron chi connectivity index (χ1n) is 11.6. The van der Waals surface area contributed by atoms with E-state index in [4.69, 9.17) is 10.4 Å². The zero-order valence-corrected chi connectivity index (χ0v) is 20.6. The number of nitrogens with zero attached hydrogens (tertiary/aromatic N) is 4. The van der Waals surface area contributed by atoms with E-state index >= 15 is 0 Å². The van der Waals surface area contributed by atoms with E-state index in [0.717, 1.165) is 55.0 Å². The quantitative estimate of drug-likeness (QED) is 0.420. The molecule has 1 fully saturated rings. The van der Waals surface area contributed by atoms with Crippen LogP contribution in [0.15, 0.2) is 61.1 Å². The van der Waals surface area contributed by atoms with Gasteiger partial charge in [-0.15, -0.1) is 0 Å². The zero-order valence-electron chi connectivity index (χ0n) is 19.8. The lowest BCUT2D eigenvalue weighted by molar-refractivity contribution is 0.165. The van der Waals surface area contributed by atoms with Crippen LogP contribution in [0.4, 0.5) is 5.69 Å². The summed E-state index contributed by atoms with van der Waals surface area (Å²) >= 11 is 0. The van der Waals surface area contributed by atoms with Crippen molar-refractivity contribution in [3.05, 3.63) is 83.4 Å². The Kier molecular flexibility index (Phi) is 7.52. The van der Waals surface area contributed by atoms with Crippen molar-refractivity contribution in [2.75, 3.05) is 25.0 Å². The van der Waals surface area contributed by atoms with E-state index in [2.05, 4.69) is 36.6 Å². The molecule has 2 aromatic carbocycles. The van der Waals surface area contributed by atoms with E-state index in [1.165, 1.54) is 0 Å². The highest BCUT2D eigenvalue weighted by atomic mass is 32.2. The Hall–Kier alpha value is -3.23. The van der Waals surface area contributed by atoms with Crippen LogP contribution in [-0.4, -0.2) is 48.0 Å². The van der Waals surface area contributed by atoms with Crippen LogP contribution in [0.25, 0.3) is 0 Å². The highest BCUT2D eigenvalue weighted by Gasteiger charge is 2.35. The largest absolute Gasteiger partial charge is 0.378 e. The maximum atomic E-state index is 11.6. The number of nitriles is 1. The highest BCUT2D eigenvalue weighted by Crippen LogP contribution is 2.28. The van der Waals surface area contributed by atoms with E-state index in [0.29, 0.717) is 12.1 Å². The Balaban J connectivity index is 1.42. The van der Waals surface area contributed by atoms with Gasteiger partial charge in [-0.05, 0) is 55.2 Å². The number of likely N-dealkylation sites (tertiary alicyclic amines) is 1. The van der Waals surface area contributed by atoms with Gasteiger partial charge in [0.1, 0.15) is 0 Å². The third kappa shape index (κ3) is 6.90. The van der Waals surface area contributed by atoms with Crippen LogP contribution in [0.3, 0.4) is 0 Å². The number of nitrogens with one attached hydrogen (secondary N) is 2. The van der Waals surface area contributed by atoms with Crippen LogP contribution >= 0.6 is 0 Å². The predicted molar refractivity (Wildman–Crippen MR) is 136 cm³/mol. The fourth-order valence-electron chi connectivity index (χ4n) is 4.49. The van der Waals surface area contributed by atoms with Crippen molar-refractivity contribution in [3.8, 4) is 6.07 Å². The molecule has 4 rings (SSSR count). The lowest BCUT2D eigenvalue weighted by Crippen LogP contribution is -2.56. The predicted octanol–water partition coefficient (Wildman–Crippen LogP) is 2.35. The lowest BCUT2D eigenvalue weighted by atomic mass is 9.87. The molecule has 0 bridgehead atoms. The molecule has 3 aromatic rings. The Bertz CT molecular complexity index is 1290. The normalized spacial score (nSPS) is 16.0. The summed E-state index contributed by atoms with van der Waals surface area (Å²) < 4.78 is 27.9. The number of aryl methyl sites for hydroxylation is 1. The summed E-state index contributed by atoms with van der Waals surface area (Å²) in [5.74, 6) is 0. The van der Waals surface area contributed by atoms with E-state index < -0.39 is 15.7 Å². The third-order valence-corrected chi connectivity index (χ3v) is 7.02. The van der Waals surface area contributed by atoms with Crippen LogP contribution in [0.1, 0.15) is 35.2 Å². The molecule has 2 heterocycles. The molecule has 0 radical (unpaired) electrons. The molecule has 1 aliphatic rings. The van der Waals surface area contributed by atoms with E-state index in [-0.39, 0.29) is 6.54 Å². The number of hydrogen-bond acceptors (Lipinski definition) is 6. The van der Waals surface area contributed by atoms with Gasteiger partial charge in [-0.1, -0.05) is 24.3 Å². The molecule has 0 aliphatic carbocycles. The average molecular weight is 494 g/mol. The molecular weight excluding hydrogens is 462 g/mol. The van der Waals surface area contributed by atoms with Crippen molar-refractivity contribution in [1.29, 1.82) is 5.26 Å². The molecule has 35 heavy (non-hydrogen) atoms. The Morgan fingerprint density at radius 3 is 2.54 bits per heavy atom. The van der Waals surface area contributed by atoms with Gasteiger partial charge in [0.2, 0.25) is 0 Å². The minimum Gasteiger partial charge on any atom is -0.378 e. The summed E-state index contributed by atoms with van der Waals surface area (Å²) in [4.78, 5) is 6.71. The van der Waals surface area contributed by atoms with Gasteiger partial charge in [0.15, 0.2) is 0 Å². The lowest BCUT2D eigenvalue weighted by Gasteiger charge is -2.43. The first-order chi connectivity index (χ1) is 16.7. The molecule has 1 aromatic heterocycles. The fourth-order valence-corrected chi connectivity index (χ4v) is 4.96. The van der Waals surface area contributed by atoms with Crippen molar-refractivity contribution in [1.82, 2.24) is 19.2 Å². The second-order valence-corrected chi connectivity index (χ2v) is 10.6. The van der Waals surface area contributed by atoms with E-state index in [1.54, 1.807) is 0 Å². The number of nitrogens with two attached hydrogens (primary N) is 1. The molecule has 184 valence electrons. The molecule has 0 spiro atoms. The van der Waals surface area contributed by atoms with Gasteiger partial charge in [0.05, 0.1) is 29.2 Å². The van der Waals surface area contributed by atoms with Crippen LogP contribution in [0, 0.1) is 18.3 Å². The summed E-state index contributed by atoms with van der Waals surface area (Å²) in [6.45, 7) is 5.29. The standard InChI is InChI=1S/C25H31N7O2S/c1-20-3-2-4-23(13-20)30-25(18-29-35(27,33)34)9-11-31(12-10-25)17-24-15-28-19-32(24)16-22-7-5-21(14-26)6-8-22/h2-8,13,15,19,29-30H,9-12,16-18H2,1H3,(H2,27,33,34). The Labute approximate surface area is 206 Å². The zero-order chi connectivity index (χ0) is 24.9. The number of piperidine rings is 1. The second-order valence-electron chi connectivity index (χ2n) is 9.24. The smallest absolute Gasteiger partial charge is 0.274 e. The molecule has 0 amide bonds.